The molecule has 1 aliphatic heterocycles. The minimum atomic E-state index is -0.324. The van der Waals surface area contributed by atoms with Crippen molar-refractivity contribution < 1.29 is 14.6 Å². The van der Waals surface area contributed by atoms with Crippen LogP contribution in [0.3, 0.4) is 0 Å². The van der Waals surface area contributed by atoms with Crippen molar-refractivity contribution >= 4 is 11.6 Å². The molecule has 2 heterocycles. The van der Waals surface area contributed by atoms with Gasteiger partial charge in [0.2, 0.25) is 5.91 Å². The van der Waals surface area contributed by atoms with Crippen molar-refractivity contribution in [2.45, 2.75) is 33.0 Å². The van der Waals surface area contributed by atoms with E-state index < -0.39 is 0 Å². The molecule has 3 aromatic rings. The number of nitrogens with one attached hydrogen (secondary N) is 1. The lowest BCUT2D eigenvalue weighted by atomic mass is 9.96. The summed E-state index contributed by atoms with van der Waals surface area (Å²) >= 11 is 0. The monoisotopic (exact) mass is 391 g/mol. The minimum Gasteiger partial charge on any atom is -0.392 e. The summed E-state index contributed by atoms with van der Waals surface area (Å²) in [6.07, 6.45) is 4.03. The number of amides is 1. The first-order valence-corrected chi connectivity index (χ1v) is 9.80. The summed E-state index contributed by atoms with van der Waals surface area (Å²) < 4.78 is 7.70. The minimum absolute atomic E-state index is 0.0528. The Morgan fingerprint density at radius 2 is 2.03 bits per heavy atom. The van der Waals surface area contributed by atoms with Crippen LogP contribution in [0.1, 0.15) is 34.8 Å². The van der Waals surface area contributed by atoms with Crippen LogP contribution in [0.2, 0.25) is 0 Å². The third-order valence-electron chi connectivity index (χ3n) is 5.49. The molecule has 150 valence electrons. The van der Waals surface area contributed by atoms with Crippen LogP contribution in [-0.2, 0) is 16.1 Å². The molecule has 1 amide bonds. The third kappa shape index (κ3) is 3.95. The predicted octanol–water partition coefficient (Wildman–Crippen LogP) is 3.70. The number of aliphatic hydroxyl groups is 1. The van der Waals surface area contributed by atoms with E-state index in [0.717, 1.165) is 33.6 Å². The molecule has 6 nitrogen and oxygen atoms in total. The fraction of sp³-hybridized carbons (Fsp3) is 0.304. The fourth-order valence-corrected chi connectivity index (χ4v) is 3.82. The first kappa shape index (κ1) is 19.4. The fourth-order valence-electron chi connectivity index (χ4n) is 3.82. The summed E-state index contributed by atoms with van der Waals surface area (Å²) in [6, 6.07) is 13.7. The predicted molar refractivity (Wildman–Crippen MR) is 111 cm³/mol. The van der Waals surface area contributed by atoms with Crippen LogP contribution in [0.25, 0.3) is 5.69 Å². The molecule has 0 saturated carbocycles. The van der Waals surface area contributed by atoms with E-state index in [4.69, 9.17) is 4.74 Å². The van der Waals surface area contributed by atoms with E-state index in [9.17, 15) is 9.90 Å². The van der Waals surface area contributed by atoms with Gasteiger partial charge in [0, 0.05) is 24.1 Å². The second-order valence-electron chi connectivity index (χ2n) is 7.48. The number of aryl methyl sites for hydroxylation is 2. The normalized spacial score (nSPS) is 18.7. The Morgan fingerprint density at radius 1 is 1.24 bits per heavy atom. The average Bonchev–Trinajstić information content (AvgIpc) is 3.40. The van der Waals surface area contributed by atoms with E-state index in [-0.39, 0.29) is 24.5 Å². The lowest BCUT2D eigenvalue weighted by Gasteiger charge is -2.19. The zero-order valence-electron chi connectivity index (χ0n) is 16.6. The number of hydrogen-bond donors (Lipinski definition) is 2. The lowest BCUT2D eigenvalue weighted by molar-refractivity contribution is -0.121. The topological polar surface area (TPSA) is 76.4 Å². The number of aliphatic hydroxyl groups excluding tert-OH is 1. The molecule has 1 fully saturated rings. The second-order valence-corrected chi connectivity index (χ2v) is 7.48. The quantitative estimate of drug-likeness (QED) is 0.695. The van der Waals surface area contributed by atoms with E-state index >= 15 is 0 Å². The summed E-state index contributed by atoms with van der Waals surface area (Å²) in [7, 11) is 0. The SMILES string of the molecule is Cc1cc(C)c(NC(=O)[C@H]2CCO[C@@H]2c2cnn(-c3ccccc3)c2)cc1CO. The van der Waals surface area contributed by atoms with Crippen LogP contribution in [0.15, 0.2) is 54.9 Å². The van der Waals surface area contributed by atoms with Crippen LogP contribution in [-0.4, -0.2) is 27.4 Å². The molecular formula is C23H25N3O3. The molecule has 1 saturated heterocycles. The van der Waals surface area contributed by atoms with E-state index in [2.05, 4.69) is 10.4 Å². The van der Waals surface area contributed by atoms with Gasteiger partial charge in [0.15, 0.2) is 0 Å². The molecule has 2 atom stereocenters. The van der Waals surface area contributed by atoms with Gasteiger partial charge in [-0.3, -0.25) is 4.79 Å². The van der Waals surface area contributed by atoms with Crippen LogP contribution in [0.4, 0.5) is 5.69 Å². The van der Waals surface area contributed by atoms with Crippen molar-refractivity contribution in [1.82, 2.24) is 9.78 Å². The highest BCUT2D eigenvalue weighted by atomic mass is 16.5. The second kappa shape index (κ2) is 8.19. The van der Waals surface area contributed by atoms with Gasteiger partial charge in [0.1, 0.15) is 0 Å². The molecule has 0 bridgehead atoms. The Balaban J connectivity index is 1.53. The van der Waals surface area contributed by atoms with Crippen molar-refractivity contribution in [3.05, 3.63) is 77.1 Å². The van der Waals surface area contributed by atoms with Crippen LogP contribution >= 0.6 is 0 Å². The molecule has 2 aromatic carbocycles. The number of carbonyl (C=O) groups is 1. The standard InChI is InChI=1S/C23H25N3O3/c1-15-10-16(2)21(11-17(15)14-27)25-23(28)20-8-9-29-22(20)18-12-24-26(13-18)19-6-4-3-5-7-19/h3-7,10-13,20,22,27H,8-9,14H2,1-2H3,(H,25,28)/t20-,22+/m0/s1. The molecular weight excluding hydrogens is 366 g/mol. The van der Waals surface area contributed by atoms with Gasteiger partial charge in [-0.1, -0.05) is 24.3 Å². The van der Waals surface area contributed by atoms with Gasteiger partial charge in [-0.15, -0.1) is 0 Å². The molecule has 0 unspecified atom stereocenters. The third-order valence-corrected chi connectivity index (χ3v) is 5.49. The number of carbonyl (C=O) groups excluding carboxylic acids is 1. The number of nitrogens with zero attached hydrogens (tertiary/aromatic N) is 2. The van der Waals surface area contributed by atoms with Crippen molar-refractivity contribution in [3.63, 3.8) is 0 Å². The van der Waals surface area contributed by atoms with Gasteiger partial charge >= 0.3 is 0 Å². The van der Waals surface area contributed by atoms with E-state index in [1.165, 1.54) is 0 Å². The van der Waals surface area contributed by atoms with Crippen molar-refractivity contribution in [2.24, 2.45) is 5.92 Å². The molecule has 0 spiro atoms. The van der Waals surface area contributed by atoms with E-state index in [0.29, 0.717) is 13.0 Å². The molecule has 0 aliphatic carbocycles. The first-order chi connectivity index (χ1) is 14.1. The highest BCUT2D eigenvalue weighted by molar-refractivity contribution is 5.94. The maximum atomic E-state index is 13.0. The first-order valence-electron chi connectivity index (χ1n) is 9.80. The van der Waals surface area contributed by atoms with Gasteiger partial charge < -0.3 is 15.2 Å². The molecule has 29 heavy (non-hydrogen) atoms. The molecule has 4 rings (SSSR count). The molecule has 0 radical (unpaired) electrons. The van der Waals surface area contributed by atoms with Crippen molar-refractivity contribution in [3.8, 4) is 5.69 Å². The number of hydrogen-bond acceptors (Lipinski definition) is 4. The van der Waals surface area contributed by atoms with Crippen molar-refractivity contribution in [2.75, 3.05) is 11.9 Å². The smallest absolute Gasteiger partial charge is 0.230 e. The van der Waals surface area contributed by atoms with E-state index in [1.54, 1.807) is 10.9 Å². The number of para-hydroxylation sites is 1. The van der Waals surface area contributed by atoms with Crippen LogP contribution in [0.5, 0.6) is 0 Å². The number of rotatable bonds is 5. The maximum absolute atomic E-state index is 13.0. The Hall–Kier alpha value is -2.96. The highest BCUT2D eigenvalue weighted by Crippen LogP contribution is 2.36. The van der Waals surface area contributed by atoms with E-state index in [1.807, 2.05) is 62.5 Å². The molecule has 1 aliphatic rings. The zero-order chi connectivity index (χ0) is 20.4. The molecule has 1 aromatic heterocycles. The number of anilines is 1. The Kier molecular flexibility index (Phi) is 5.47. The summed E-state index contributed by atoms with van der Waals surface area (Å²) in [4.78, 5) is 13.0. The largest absolute Gasteiger partial charge is 0.392 e. The summed E-state index contributed by atoms with van der Waals surface area (Å²) in [5, 5.41) is 17.0. The van der Waals surface area contributed by atoms with Gasteiger partial charge in [0.05, 0.1) is 30.5 Å². The number of benzene rings is 2. The summed E-state index contributed by atoms with van der Waals surface area (Å²) in [5.74, 6) is -0.363. The molecule has 6 heteroatoms. The van der Waals surface area contributed by atoms with Gasteiger partial charge in [0.25, 0.3) is 0 Å². The van der Waals surface area contributed by atoms with Gasteiger partial charge in [-0.05, 0) is 55.2 Å². The summed E-state index contributed by atoms with van der Waals surface area (Å²) in [5.41, 5.74) is 5.39. The Morgan fingerprint density at radius 3 is 2.79 bits per heavy atom. The number of aromatic nitrogens is 2. The van der Waals surface area contributed by atoms with Crippen molar-refractivity contribution in [1.29, 1.82) is 0 Å². The lowest BCUT2D eigenvalue weighted by Crippen LogP contribution is -2.25. The van der Waals surface area contributed by atoms with Crippen LogP contribution < -0.4 is 5.32 Å². The van der Waals surface area contributed by atoms with Gasteiger partial charge in [-0.2, -0.15) is 5.10 Å². The molecule has 2 N–H and O–H groups in total. The van der Waals surface area contributed by atoms with Gasteiger partial charge in [-0.25, -0.2) is 4.68 Å². The maximum Gasteiger partial charge on any atom is 0.230 e. The summed E-state index contributed by atoms with van der Waals surface area (Å²) in [6.45, 7) is 4.39. The Bertz CT molecular complexity index is 1010. The highest BCUT2D eigenvalue weighted by Gasteiger charge is 2.36. The average molecular weight is 391 g/mol. The van der Waals surface area contributed by atoms with Crippen LogP contribution in [0, 0.1) is 19.8 Å². The Labute approximate surface area is 170 Å². The number of ether oxygens (including phenoxy) is 1. The zero-order valence-corrected chi connectivity index (χ0v) is 16.6.